The van der Waals surface area contributed by atoms with Crippen LogP contribution in [0.15, 0.2) is 48.5 Å². The Bertz CT molecular complexity index is 745. The molecule has 3 nitrogen and oxygen atoms in total. The molecule has 1 fully saturated rings. The molecule has 0 amide bonds. The zero-order chi connectivity index (χ0) is 22.9. The second kappa shape index (κ2) is 16.6. The Balaban J connectivity index is 0.000000385. The van der Waals surface area contributed by atoms with Crippen molar-refractivity contribution in [3.05, 3.63) is 70.2 Å². The molecule has 0 aromatic heterocycles. The van der Waals surface area contributed by atoms with Crippen LogP contribution >= 0.6 is 11.6 Å². The first-order valence-electron chi connectivity index (χ1n) is 10.6. The van der Waals surface area contributed by atoms with E-state index < -0.39 is 0 Å². The van der Waals surface area contributed by atoms with E-state index in [4.69, 9.17) is 16.9 Å². The first-order chi connectivity index (χ1) is 14.2. The Morgan fingerprint density at radius 3 is 2.13 bits per heavy atom. The van der Waals surface area contributed by atoms with Crippen molar-refractivity contribution >= 4 is 17.9 Å². The molecule has 1 aliphatic heterocycles. The highest BCUT2D eigenvalue weighted by Crippen LogP contribution is 2.15. The van der Waals surface area contributed by atoms with Crippen molar-refractivity contribution in [2.24, 2.45) is 11.8 Å². The SMILES string of the molecule is CC(C)C=O.CC1CCN(C)C1.CCc1ccccc1.Cc1ccc(C#N)c(Cl)c1. The minimum absolute atomic E-state index is 0.204. The van der Waals surface area contributed by atoms with Crippen LogP contribution in [0.2, 0.25) is 5.02 Å². The predicted molar refractivity (Wildman–Crippen MR) is 129 cm³/mol. The van der Waals surface area contributed by atoms with Gasteiger partial charge in [-0.05, 0) is 62.5 Å². The van der Waals surface area contributed by atoms with Gasteiger partial charge < -0.3 is 9.69 Å². The van der Waals surface area contributed by atoms with E-state index in [1.165, 1.54) is 25.1 Å². The number of hydrogen-bond acceptors (Lipinski definition) is 3. The molecule has 0 bridgehead atoms. The van der Waals surface area contributed by atoms with E-state index in [0.717, 1.165) is 24.2 Å². The van der Waals surface area contributed by atoms with Crippen LogP contribution in [0.1, 0.15) is 50.8 Å². The summed E-state index contributed by atoms with van der Waals surface area (Å²) in [5.74, 6) is 1.15. The summed E-state index contributed by atoms with van der Waals surface area (Å²) in [6, 6.07) is 17.8. The molecular formula is C26H37ClN2O. The number of nitriles is 1. The quantitative estimate of drug-likeness (QED) is 0.508. The summed E-state index contributed by atoms with van der Waals surface area (Å²) in [6.45, 7) is 12.7. The molecule has 0 N–H and O–H groups in total. The van der Waals surface area contributed by atoms with E-state index in [2.05, 4.69) is 50.1 Å². The summed E-state index contributed by atoms with van der Waals surface area (Å²) in [7, 11) is 2.18. The highest BCUT2D eigenvalue weighted by molar-refractivity contribution is 6.31. The lowest BCUT2D eigenvalue weighted by molar-refractivity contribution is -0.110. The van der Waals surface area contributed by atoms with E-state index in [-0.39, 0.29) is 5.92 Å². The molecule has 1 atom stereocenters. The summed E-state index contributed by atoms with van der Waals surface area (Å²) < 4.78 is 0. The minimum Gasteiger partial charge on any atom is -0.306 e. The summed E-state index contributed by atoms with van der Waals surface area (Å²) in [4.78, 5) is 11.9. The molecule has 0 saturated carbocycles. The number of halogens is 1. The third kappa shape index (κ3) is 13.9. The maximum absolute atomic E-state index is 9.50. The maximum Gasteiger partial charge on any atom is 0.122 e. The van der Waals surface area contributed by atoms with Crippen molar-refractivity contribution in [1.29, 1.82) is 5.26 Å². The van der Waals surface area contributed by atoms with Gasteiger partial charge in [0.25, 0.3) is 0 Å². The Labute approximate surface area is 188 Å². The Hall–Kier alpha value is -2.15. The highest BCUT2D eigenvalue weighted by Gasteiger charge is 2.13. The number of hydrogen-bond donors (Lipinski definition) is 0. The summed E-state index contributed by atoms with van der Waals surface area (Å²) in [6.07, 6.45) is 3.46. The van der Waals surface area contributed by atoms with Crippen LogP contribution in [0.5, 0.6) is 0 Å². The standard InChI is InChI=1S/C8H6ClN.C8H10.C6H13N.C4H8O/c1-6-2-3-7(5-10)8(9)4-6;1-2-8-6-4-3-5-7-8;1-6-3-4-7(2)5-6;1-4(2)3-5/h2-4H,1H3;3-7H,2H2,1H3;6H,3-5H2,1-2H3;3-4H,1-2H3. The molecule has 3 rings (SSSR count). The van der Waals surface area contributed by atoms with E-state index in [1.54, 1.807) is 12.1 Å². The zero-order valence-corrected chi connectivity index (χ0v) is 20.1. The molecule has 0 aliphatic carbocycles. The lowest BCUT2D eigenvalue weighted by Gasteiger charge is -2.03. The van der Waals surface area contributed by atoms with Gasteiger partial charge in [-0.15, -0.1) is 0 Å². The Kier molecular flexibility index (Phi) is 15.4. The van der Waals surface area contributed by atoms with Gasteiger partial charge in [0.15, 0.2) is 0 Å². The number of carbonyl (C=O) groups is 1. The monoisotopic (exact) mass is 428 g/mol. The van der Waals surface area contributed by atoms with E-state index in [1.807, 2.05) is 39.0 Å². The number of aryl methyl sites for hydroxylation is 2. The number of aldehydes is 1. The molecule has 30 heavy (non-hydrogen) atoms. The summed E-state index contributed by atoms with van der Waals surface area (Å²) >= 11 is 5.71. The first kappa shape index (κ1) is 27.8. The number of benzene rings is 2. The van der Waals surface area contributed by atoms with Crippen LogP contribution in [0.4, 0.5) is 0 Å². The largest absolute Gasteiger partial charge is 0.306 e. The first-order valence-corrected chi connectivity index (χ1v) is 10.9. The second-order valence-electron chi connectivity index (χ2n) is 7.97. The molecule has 4 heteroatoms. The molecule has 0 radical (unpaired) electrons. The van der Waals surface area contributed by atoms with Gasteiger partial charge in [-0.3, -0.25) is 0 Å². The number of nitrogens with zero attached hydrogens (tertiary/aromatic N) is 2. The topological polar surface area (TPSA) is 44.1 Å². The minimum atomic E-state index is 0.204. The van der Waals surface area contributed by atoms with Crippen molar-refractivity contribution in [3.8, 4) is 6.07 Å². The summed E-state index contributed by atoms with van der Waals surface area (Å²) in [5, 5.41) is 9.00. The van der Waals surface area contributed by atoms with Crippen molar-refractivity contribution in [2.45, 2.75) is 47.5 Å². The molecule has 2 aromatic rings. The molecule has 1 aliphatic rings. The molecule has 1 saturated heterocycles. The van der Waals surface area contributed by atoms with Crippen molar-refractivity contribution < 1.29 is 4.79 Å². The van der Waals surface area contributed by atoms with Crippen LogP contribution in [-0.2, 0) is 11.2 Å². The van der Waals surface area contributed by atoms with Crippen LogP contribution in [-0.4, -0.2) is 31.3 Å². The molecular weight excluding hydrogens is 392 g/mol. The van der Waals surface area contributed by atoms with Crippen LogP contribution in [0, 0.1) is 30.1 Å². The number of likely N-dealkylation sites (tertiary alicyclic amines) is 1. The van der Waals surface area contributed by atoms with Crippen LogP contribution < -0.4 is 0 Å². The molecule has 1 heterocycles. The van der Waals surface area contributed by atoms with E-state index in [0.29, 0.717) is 10.6 Å². The fourth-order valence-electron chi connectivity index (χ4n) is 2.58. The lowest BCUT2D eigenvalue weighted by Crippen LogP contribution is -2.12. The van der Waals surface area contributed by atoms with Gasteiger partial charge >= 0.3 is 0 Å². The molecule has 164 valence electrons. The average molecular weight is 429 g/mol. The highest BCUT2D eigenvalue weighted by atomic mass is 35.5. The van der Waals surface area contributed by atoms with Crippen molar-refractivity contribution in [2.75, 3.05) is 20.1 Å². The van der Waals surface area contributed by atoms with Gasteiger partial charge in [-0.1, -0.05) is 75.7 Å². The molecule has 2 aromatic carbocycles. The number of rotatable bonds is 2. The Morgan fingerprint density at radius 1 is 1.23 bits per heavy atom. The predicted octanol–water partition coefficient (Wildman–Crippen LogP) is 6.57. The molecule has 1 unspecified atom stereocenters. The fraction of sp³-hybridized carbons (Fsp3) is 0.462. The fourth-order valence-corrected chi connectivity index (χ4v) is 2.86. The number of carbonyl (C=O) groups excluding carboxylic acids is 1. The summed E-state index contributed by atoms with van der Waals surface area (Å²) in [5.41, 5.74) is 3.02. The van der Waals surface area contributed by atoms with Crippen LogP contribution in [0.25, 0.3) is 0 Å². The van der Waals surface area contributed by atoms with Crippen molar-refractivity contribution in [3.63, 3.8) is 0 Å². The van der Waals surface area contributed by atoms with Gasteiger partial charge in [0, 0.05) is 12.5 Å². The lowest BCUT2D eigenvalue weighted by atomic mass is 10.2. The maximum atomic E-state index is 9.50. The van der Waals surface area contributed by atoms with Crippen molar-refractivity contribution in [1.82, 2.24) is 4.90 Å². The zero-order valence-electron chi connectivity index (χ0n) is 19.4. The average Bonchev–Trinajstić information content (AvgIpc) is 3.12. The van der Waals surface area contributed by atoms with E-state index >= 15 is 0 Å². The van der Waals surface area contributed by atoms with Crippen LogP contribution in [0.3, 0.4) is 0 Å². The molecule has 0 spiro atoms. The second-order valence-corrected chi connectivity index (χ2v) is 8.38. The van der Waals surface area contributed by atoms with Gasteiger partial charge in [-0.2, -0.15) is 5.26 Å². The normalized spacial score (nSPS) is 14.8. The smallest absolute Gasteiger partial charge is 0.122 e. The van der Waals surface area contributed by atoms with Gasteiger partial charge in [0.1, 0.15) is 12.4 Å². The van der Waals surface area contributed by atoms with E-state index in [9.17, 15) is 4.79 Å². The third-order valence-electron chi connectivity index (χ3n) is 4.40. The third-order valence-corrected chi connectivity index (χ3v) is 4.71. The van der Waals surface area contributed by atoms with Gasteiger partial charge in [-0.25, -0.2) is 0 Å². The van der Waals surface area contributed by atoms with Gasteiger partial charge in [0.05, 0.1) is 10.6 Å². The Morgan fingerprint density at radius 2 is 1.83 bits per heavy atom. The van der Waals surface area contributed by atoms with Gasteiger partial charge in [0.2, 0.25) is 0 Å².